The molecule has 2 rings (SSSR count). The maximum atomic E-state index is 11.7. The molecule has 0 aliphatic rings. The van der Waals surface area contributed by atoms with Gasteiger partial charge in [0.2, 0.25) is 0 Å². The van der Waals surface area contributed by atoms with Crippen molar-refractivity contribution >= 4 is 15.9 Å². The summed E-state index contributed by atoms with van der Waals surface area (Å²) in [5.41, 5.74) is -0.0664. The van der Waals surface area contributed by atoms with E-state index in [9.17, 15) is 4.79 Å². The molecule has 0 saturated carbocycles. The van der Waals surface area contributed by atoms with E-state index in [4.69, 9.17) is 0 Å². The Kier molecular flexibility index (Phi) is 4.24. The van der Waals surface area contributed by atoms with E-state index in [0.29, 0.717) is 12.4 Å². The minimum atomic E-state index is -0.0664. The Balaban J connectivity index is 2.20. The van der Waals surface area contributed by atoms with E-state index in [0.717, 1.165) is 23.9 Å². The van der Waals surface area contributed by atoms with Gasteiger partial charge in [0.25, 0.3) is 5.56 Å². The van der Waals surface area contributed by atoms with Crippen molar-refractivity contribution in [3.05, 3.63) is 39.0 Å². The predicted octanol–water partition coefficient (Wildman–Crippen LogP) is 1.45. The molecule has 0 aromatic carbocycles. The minimum absolute atomic E-state index is 0.0664. The van der Waals surface area contributed by atoms with Crippen molar-refractivity contribution in [2.45, 2.75) is 32.9 Å². The van der Waals surface area contributed by atoms with Crippen LogP contribution in [0.1, 0.15) is 25.6 Å². The molecule has 0 N–H and O–H groups in total. The summed E-state index contributed by atoms with van der Waals surface area (Å²) in [4.78, 5) is 11.7. The second-order valence-corrected chi connectivity index (χ2v) is 4.90. The highest BCUT2D eigenvalue weighted by Gasteiger charge is 2.07. The van der Waals surface area contributed by atoms with Crippen molar-refractivity contribution in [1.82, 2.24) is 24.8 Å². The van der Waals surface area contributed by atoms with Crippen LogP contribution in [0.3, 0.4) is 0 Å². The molecule has 0 aliphatic carbocycles. The molecule has 0 spiro atoms. The van der Waals surface area contributed by atoms with Gasteiger partial charge in [-0.15, -0.1) is 5.10 Å². The Labute approximate surface area is 113 Å². The first-order valence-corrected chi connectivity index (χ1v) is 6.61. The first-order chi connectivity index (χ1) is 8.70. The maximum absolute atomic E-state index is 11.7. The molecule has 0 amide bonds. The van der Waals surface area contributed by atoms with Gasteiger partial charge in [-0.25, -0.2) is 4.68 Å². The Hall–Kier alpha value is -1.50. The summed E-state index contributed by atoms with van der Waals surface area (Å²) in [6, 6.07) is 3.24. The number of nitrogens with zero attached hydrogens (tertiary/aromatic N) is 5. The summed E-state index contributed by atoms with van der Waals surface area (Å²) in [7, 11) is 0. The molecule has 6 nitrogen and oxygen atoms in total. The van der Waals surface area contributed by atoms with E-state index in [2.05, 4.69) is 38.4 Å². The van der Waals surface area contributed by atoms with Crippen LogP contribution >= 0.6 is 15.9 Å². The Morgan fingerprint density at radius 2 is 2.22 bits per heavy atom. The number of tetrazole rings is 1. The van der Waals surface area contributed by atoms with Gasteiger partial charge in [0.1, 0.15) is 0 Å². The molecule has 0 fully saturated rings. The molecule has 0 radical (unpaired) electrons. The normalized spacial score (nSPS) is 10.8. The zero-order chi connectivity index (χ0) is 13.0. The molecule has 96 valence electrons. The van der Waals surface area contributed by atoms with Gasteiger partial charge >= 0.3 is 0 Å². The topological polar surface area (TPSA) is 65.6 Å². The molecule has 0 aliphatic heterocycles. The fourth-order valence-electron chi connectivity index (χ4n) is 1.60. The van der Waals surface area contributed by atoms with E-state index in [-0.39, 0.29) is 5.56 Å². The van der Waals surface area contributed by atoms with Crippen molar-refractivity contribution in [3.63, 3.8) is 0 Å². The molecule has 18 heavy (non-hydrogen) atoms. The van der Waals surface area contributed by atoms with Crippen LogP contribution in [0, 0.1) is 0 Å². The van der Waals surface area contributed by atoms with E-state index in [1.54, 1.807) is 21.5 Å². The Morgan fingerprint density at radius 3 is 3.00 bits per heavy atom. The van der Waals surface area contributed by atoms with Crippen molar-refractivity contribution in [1.29, 1.82) is 0 Å². The zero-order valence-electron chi connectivity index (χ0n) is 10.1. The van der Waals surface area contributed by atoms with Crippen molar-refractivity contribution < 1.29 is 0 Å². The number of hydrogen-bond acceptors (Lipinski definition) is 4. The van der Waals surface area contributed by atoms with E-state index < -0.39 is 0 Å². The van der Waals surface area contributed by atoms with Gasteiger partial charge in [0.05, 0.1) is 6.54 Å². The van der Waals surface area contributed by atoms with Crippen LogP contribution in [-0.4, -0.2) is 24.8 Å². The smallest absolute Gasteiger partial charge is 0.250 e. The fourth-order valence-corrected chi connectivity index (χ4v) is 1.98. The number of halogens is 1. The van der Waals surface area contributed by atoms with Gasteiger partial charge in [-0.1, -0.05) is 13.3 Å². The molecule has 0 atom stereocenters. The Morgan fingerprint density at radius 1 is 1.39 bits per heavy atom. The highest BCUT2D eigenvalue weighted by atomic mass is 79.9. The van der Waals surface area contributed by atoms with Crippen molar-refractivity contribution in [3.8, 4) is 0 Å². The molecule has 0 unspecified atom stereocenters. The number of aromatic nitrogens is 5. The summed E-state index contributed by atoms with van der Waals surface area (Å²) < 4.78 is 4.18. The highest BCUT2D eigenvalue weighted by molar-refractivity contribution is 9.10. The fraction of sp³-hybridized carbons (Fsp3) is 0.455. The SMILES string of the molecule is CCCCn1nnnc1Cn1cc(Br)ccc1=O. The maximum Gasteiger partial charge on any atom is 0.250 e. The summed E-state index contributed by atoms with van der Waals surface area (Å²) >= 11 is 3.34. The first-order valence-electron chi connectivity index (χ1n) is 5.81. The van der Waals surface area contributed by atoms with Gasteiger partial charge in [0, 0.05) is 23.3 Å². The van der Waals surface area contributed by atoms with Crippen LogP contribution in [0.5, 0.6) is 0 Å². The van der Waals surface area contributed by atoms with Gasteiger partial charge in [-0.3, -0.25) is 4.79 Å². The number of unbranched alkanes of at least 4 members (excludes halogenated alkanes) is 1. The number of hydrogen-bond donors (Lipinski definition) is 0. The average Bonchev–Trinajstić information content (AvgIpc) is 2.79. The van der Waals surface area contributed by atoms with Gasteiger partial charge < -0.3 is 4.57 Å². The summed E-state index contributed by atoms with van der Waals surface area (Å²) in [6.07, 6.45) is 3.84. The summed E-state index contributed by atoms with van der Waals surface area (Å²) in [5.74, 6) is 0.698. The third kappa shape index (κ3) is 3.04. The molecule has 2 aromatic rings. The van der Waals surface area contributed by atoms with Crippen LogP contribution in [-0.2, 0) is 13.1 Å². The second-order valence-electron chi connectivity index (χ2n) is 3.99. The molecule has 0 saturated heterocycles. The standard InChI is InChI=1S/C11H14BrN5O/c1-2-3-6-17-10(13-14-15-17)8-16-7-9(12)4-5-11(16)18/h4-5,7H,2-3,6,8H2,1H3. The van der Waals surface area contributed by atoms with Crippen LogP contribution < -0.4 is 5.56 Å². The molecular weight excluding hydrogens is 298 g/mol. The quantitative estimate of drug-likeness (QED) is 0.838. The monoisotopic (exact) mass is 311 g/mol. The van der Waals surface area contributed by atoms with Crippen molar-refractivity contribution in [2.24, 2.45) is 0 Å². The lowest BCUT2D eigenvalue weighted by Crippen LogP contribution is -2.21. The van der Waals surface area contributed by atoms with Crippen molar-refractivity contribution in [2.75, 3.05) is 0 Å². The van der Waals surface area contributed by atoms with Crippen LogP contribution in [0.4, 0.5) is 0 Å². The zero-order valence-corrected chi connectivity index (χ0v) is 11.7. The second kappa shape index (κ2) is 5.90. The van der Waals surface area contributed by atoms with Crippen LogP contribution in [0.15, 0.2) is 27.6 Å². The first kappa shape index (κ1) is 12.9. The molecular formula is C11H14BrN5O. The third-order valence-corrected chi connectivity index (χ3v) is 3.06. The lowest BCUT2D eigenvalue weighted by atomic mass is 10.3. The van der Waals surface area contributed by atoms with Gasteiger partial charge in [-0.05, 0) is 38.8 Å². The Bertz CT molecular complexity index is 577. The lowest BCUT2D eigenvalue weighted by molar-refractivity contribution is 0.521. The third-order valence-electron chi connectivity index (χ3n) is 2.59. The largest absolute Gasteiger partial charge is 0.307 e. The number of rotatable bonds is 5. The molecule has 7 heteroatoms. The molecule has 2 aromatic heterocycles. The predicted molar refractivity (Wildman–Crippen MR) is 70.2 cm³/mol. The van der Waals surface area contributed by atoms with E-state index in [1.165, 1.54) is 6.07 Å². The highest BCUT2D eigenvalue weighted by Crippen LogP contribution is 2.06. The van der Waals surface area contributed by atoms with Crippen LogP contribution in [0.25, 0.3) is 0 Å². The van der Waals surface area contributed by atoms with E-state index in [1.807, 2.05) is 0 Å². The minimum Gasteiger partial charge on any atom is -0.307 e. The van der Waals surface area contributed by atoms with Crippen LogP contribution in [0.2, 0.25) is 0 Å². The summed E-state index contributed by atoms with van der Waals surface area (Å²) in [6.45, 7) is 3.28. The van der Waals surface area contributed by atoms with Gasteiger partial charge in [-0.2, -0.15) is 0 Å². The van der Waals surface area contributed by atoms with Gasteiger partial charge in [0.15, 0.2) is 5.82 Å². The average molecular weight is 312 g/mol. The molecule has 0 bridgehead atoms. The molecule has 2 heterocycles. The lowest BCUT2D eigenvalue weighted by Gasteiger charge is -2.06. The summed E-state index contributed by atoms with van der Waals surface area (Å²) in [5, 5.41) is 11.6. The number of aryl methyl sites for hydroxylation is 1. The number of pyridine rings is 1. The van der Waals surface area contributed by atoms with E-state index >= 15 is 0 Å².